The van der Waals surface area contributed by atoms with Crippen LogP contribution in [0.3, 0.4) is 0 Å². The van der Waals surface area contributed by atoms with Crippen molar-refractivity contribution >= 4 is 5.82 Å². The summed E-state index contributed by atoms with van der Waals surface area (Å²) in [5.74, 6) is 0.905. The van der Waals surface area contributed by atoms with Crippen LogP contribution >= 0.6 is 0 Å². The lowest BCUT2D eigenvalue weighted by Gasteiger charge is -2.07. The lowest BCUT2D eigenvalue weighted by Crippen LogP contribution is -1.91. The SMILES string of the molecule is COc1cnccc1-c1onc(N)c1-c1ccc(F)cc1. The first-order valence-electron chi connectivity index (χ1n) is 6.20. The second-order valence-electron chi connectivity index (χ2n) is 4.35. The highest BCUT2D eigenvalue weighted by Gasteiger charge is 2.20. The predicted octanol–water partition coefficient (Wildman–Crippen LogP) is 3.13. The van der Waals surface area contributed by atoms with Crippen molar-refractivity contribution in [3.05, 3.63) is 48.5 Å². The number of nitrogens with zero attached hydrogens (tertiary/aromatic N) is 2. The number of nitrogen functional groups attached to an aromatic ring is 1. The first-order chi connectivity index (χ1) is 10.2. The lowest BCUT2D eigenvalue weighted by molar-refractivity contribution is 0.405. The number of nitrogens with two attached hydrogens (primary N) is 1. The molecule has 3 rings (SSSR count). The Bertz CT molecular complexity index is 769. The van der Waals surface area contributed by atoms with Gasteiger partial charge in [0.1, 0.15) is 11.6 Å². The average molecular weight is 285 g/mol. The number of ether oxygens (including phenoxy) is 1. The highest BCUT2D eigenvalue weighted by molar-refractivity contribution is 5.88. The van der Waals surface area contributed by atoms with E-state index in [9.17, 15) is 4.39 Å². The molecule has 0 radical (unpaired) electrons. The lowest BCUT2D eigenvalue weighted by atomic mass is 10.0. The van der Waals surface area contributed by atoms with E-state index in [0.717, 1.165) is 0 Å². The van der Waals surface area contributed by atoms with Crippen molar-refractivity contribution in [1.82, 2.24) is 10.1 Å². The van der Waals surface area contributed by atoms with Crippen LogP contribution < -0.4 is 10.5 Å². The molecule has 3 aromatic rings. The maximum atomic E-state index is 13.1. The van der Waals surface area contributed by atoms with Gasteiger partial charge in [-0.05, 0) is 23.8 Å². The topological polar surface area (TPSA) is 74.2 Å². The predicted molar refractivity (Wildman–Crippen MR) is 76.1 cm³/mol. The fraction of sp³-hybridized carbons (Fsp3) is 0.0667. The van der Waals surface area contributed by atoms with E-state index >= 15 is 0 Å². The van der Waals surface area contributed by atoms with Crippen LogP contribution in [0.2, 0.25) is 0 Å². The van der Waals surface area contributed by atoms with Gasteiger partial charge in [-0.15, -0.1) is 0 Å². The molecule has 0 atom stereocenters. The van der Waals surface area contributed by atoms with Crippen molar-refractivity contribution in [1.29, 1.82) is 0 Å². The first-order valence-corrected chi connectivity index (χ1v) is 6.20. The minimum absolute atomic E-state index is 0.232. The molecule has 0 aliphatic rings. The van der Waals surface area contributed by atoms with Gasteiger partial charge in [0, 0.05) is 6.20 Å². The molecule has 0 bridgehead atoms. The van der Waals surface area contributed by atoms with Crippen LogP contribution in [0.5, 0.6) is 5.75 Å². The number of benzene rings is 1. The smallest absolute Gasteiger partial charge is 0.180 e. The monoisotopic (exact) mass is 285 g/mol. The van der Waals surface area contributed by atoms with Crippen LogP contribution in [0, 0.1) is 5.82 Å². The maximum absolute atomic E-state index is 13.1. The molecule has 0 unspecified atom stereocenters. The summed E-state index contributed by atoms with van der Waals surface area (Å²) in [6.07, 6.45) is 3.19. The number of hydrogen-bond donors (Lipinski definition) is 1. The Morgan fingerprint density at radius 1 is 1.19 bits per heavy atom. The van der Waals surface area contributed by atoms with Crippen LogP contribution in [-0.4, -0.2) is 17.3 Å². The molecule has 2 N–H and O–H groups in total. The van der Waals surface area contributed by atoms with Crippen molar-refractivity contribution < 1.29 is 13.7 Å². The van der Waals surface area contributed by atoms with Gasteiger partial charge in [0.15, 0.2) is 11.6 Å². The fourth-order valence-corrected chi connectivity index (χ4v) is 2.11. The van der Waals surface area contributed by atoms with Crippen molar-refractivity contribution in [2.24, 2.45) is 0 Å². The number of halogens is 1. The third-order valence-corrected chi connectivity index (χ3v) is 3.10. The molecule has 1 aromatic carbocycles. The van der Waals surface area contributed by atoms with Gasteiger partial charge in [0.25, 0.3) is 0 Å². The third-order valence-electron chi connectivity index (χ3n) is 3.10. The summed E-state index contributed by atoms with van der Waals surface area (Å²) in [4.78, 5) is 3.99. The van der Waals surface area contributed by atoms with Gasteiger partial charge >= 0.3 is 0 Å². The number of hydrogen-bond acceptors (Lipinski definition) is 5. The standard InChI is InChI=1S/C15H12FN3O2/c1-20-12-8-18-7-6-11(12)14-13(15(17)19-21-14)9-2-4-10(16)5-3-9/h2-8H,1H3,(H2,17,19). The van der Waals surface area contributed by atoms with Gasteiger partial charge in [0.2, 0.25) is 0 Å². The van der Waals surface area contributed by atoms with Crippen LogP contribution in [0.1, 0.15) is 0 Å². The van der Waals surface area contributed by atoms with Crippen molar-refractivity contribution in [3.8, 4) is 28.2 Å². The van der Waals surface area contributed by atoms with E-state index in [1.165, 1.54) is 19.2 Å². The number of anilines is 1. The van der Waals surface area contributed by atoms with E-state index in [2.05, 4.69) is 10.1 Å². The fourth-order valence-electron chi connectivity index (χ4n) is 2.11. The number of methoxy groups -OCH3 is 1. The second kappa shape index (κ2) is 5.24. The van der Waals surface area contributed by atoms with Gasteiger partial charge in [-0.25, -0.2) is 4.39 Å². The highest BCUT2D eigenvalue weighted by atomic mass is 19.1. The Labute approximate surface area is 120 Å². The summed E-state index contributed by atoms with van der Waals surface area (Å²) in [6.45, 7) is 0. The molecule has 106 valence electrons. The van der Waals surface area contributed by atoms with Gasteiger partial charge in [-0.1, -0.05) is 17.3 Å². The van der Waals surface area contributed by atoms with Crippen LogP contribution in [0.15, 0.2) is 47.2 Å². The zero-order chi connectivity index (χ0) is 14.8. The molecule has 5 nitrogen and oxygen atoms in total. The minimum atomic E-state index is -0.322. The van der Waals surface area contributed by atoms with Crippen LogP contribution in [0.4, 0.5) is 10.2 Å². The minimum Gasteiger partial charge on any atom is -0.494 e. The molecular formula is C15H12FN3O2. The Hall–Kier alpha value is -2.89. The first kappa shape index (κ1) is 13.1. The van der Waals surface area contributed by atoms with Gasteiger partial charge in [-0.2, -0.15) is 0 Å². The van der Waals surface area contributed by atoms with Crippen molar-refractivity contribution in [3.63, 3.8) is 0 Å². The Balaban J connectivity index is 2.19. The van der Waals surface area contributed by atoms with Crippen molar-refractivity contribution in [2.45, 2.75) is 0 Å². The number of rotatable bonds is 3. The van der Waals surface area contributed by atoms with E-state index in [4.69, 9.17) is 15.0 Å². The summed E-state index contributed by atoms with van der Waals surface area (Å²) in [7, 11) is 1.54. The van der Waals surface area contributed by atoms with E-state index in [1.807, 2.05) is 0 Å². The second-order valence-corrected chi connectivity index (χ2v) is 4.35. The van der Waals surface area contributed by atoms with E-state index in [0.29, 0.717) is 28.2 Å². The van der Waals surface area contributed by atoms with Crippen molar-refractivity contribution in [2.75, 3.05) is 12.8 Å². The summed E-state index contributed by atoms with van der Waals surface area (Å²) < 4.78 is 23.7. The molecule has 6 heteroatoms. The van der Waals surface area contributed by atoms with E-state index < -0.39 is 0 Å². The highest BCUT2D eigenvalue weighted by Crippen LogP contribution is 2.39. The van der Waals surface area contributed by atoms with E-state index in [-0.39, 0.29) is 11.6 Å². The Morgan fingerprint density at radius 2 is 1.95 bits per heavy atom. The molecule has 21 heavy (non-hydrogen) atoms. The van der Waals surface area contributed by atoms with Gasteiger partial charge in [0.05, 0.1) is 24.4 Å². The van der Waals surface area contributed by atoms with Gasteiger partial charge < -0.3 is 15.0 Å². The molecule has 0 amide bonds. The van der Waals surface area contributed by atoms with Gasteiger partial charge in [-0.3, -0.25) is 4.98 Å². The van der Waals surface area contributed by atoms with Crippen LogP contribution in [-0.2, 0) is 0 Å². The molecule has 0 saturated heterocycles. The molecule has 2 aromatic heterocycles. The molecule has 0 spiro atoms. The van der Waals surface area contributed by atoms with E-state index in [1.54, 1.807) is 30.6 Å². The molecule has 0 aliphatic heterocycles. The quantitative estimate of drug-likeness (QED) is 0.800. The molecule has 0 fully saturated rings. The number of pyridine rings is 1. The summed E-state index contributed by atoms with van der Waals surface area (Å²) in [5, 5.41) is 3.80. The molecular weight excluding hydrogens is 273 g/mol. The summed E-state index contributed by atoms with van der Waals surface area (Å²) >= 11 is 0. The Kier molecular flexibility index (Phi) is 3.27. The summed E-state index contributed by atoms with van der Waals surface area (Å²) in [6, 6.07) is 7.70. The Morgan fingerprint density at radius 3 is 2.67 bits per heavy atom. The zero-order valence-electron chi connectivity index (χ0n) is 11.2. The molecule has 0 aliphatic carbocycles. The summed E-state index contributed by atoms with van der Waals surface area (Å²) in [5.41, 5.74) is 7.87. The largest absolute Gasteiger partial charge is 0.494 e. The number of aromatic nitrogens is 2. The average Bonchev–Trinajstić information content (AvgIpc) is 2.90. The normalized spacial score (nSPS) is 10.6. The molecule has 0 saturated carbocycles. The van der Waals surface area contributed by atoms with Crippen LogP contribution in [0.25, 0.3) is 22.5 Å². The zero-order valence-corrected chi connectivity index (χ0v) is 11.2. The third kappa shape index (κ3) is 2.31. The molecule has 2 heterocycles. The maximum Gasteiger partial charge on any atom is 0.180 e.